The molecular formula is C13H9BrFNOS. The molecule has 0 saturated carbocycles. The van der Waals surface area contributed by atoms with E-state index in [2.05, 4.69) is 33.9 Å². The summed E-state index contributed by atoms with van der Waals surface area (Å²) < 4.78 is 13.7. The Bertz CT molecular complexity index is 603. The van der Waals surface area contributed by atoms with Crippen LogP contribution in [0.2, 0.25) is 0 Å². The zero-order chi connectivity index (χ0) is 13.1. The fourth-order valence-electron chi connectivity index (χ4n) is 1.45. The maximum Gasteiger partial charge on any atom is 0.256 e. The number of carbonyl (C=O) groups is 1. The number of halogens is 2. The van der Waals surface area contributed by atoms with Gasteiger partial charge >= 0.3 is 0 Å². The number of anilines is 1. The zero-order valence-corrected chi connectivity index (χ0v) is 11.6. The summed E-state index contributed by atoms with van der Waals surface area (Å²) in [5.74, 6) is -0.710. The normalized spacial score (nSPS) is 10.2. The van der Waals surface area contributed by atoms with Crippen LogP contribution in [0.15, 0.2) is 51.8 Å². The van der Waals surface area contributed by atoms with Gasteiger partial charge in [-0.15, -0.1) is 12.6 Å². The molecule has 0 aliphatic carbocycles. The average molecular weight is 326 g/mol. The molecule has 0 aliphatic heterocycles. The van der Waals surface area contributed by atoms with Crippen LogP contribution in [-0.4, -0.2) is 5.91 Å². The SMILES string of the molecule is O=C(Nc1cccc(F)c1)c1cc(S)ccc1Br. The minimum absolute atomic E-state index is 0.316. The number of amides is 1. The third kappa shape index (κ3) is 3.11. The lowest BCUT2D eigenvalue weighted by Crippen LogP contribution is -2.12. The average Bonchev–Trinajstić information content (AvgIpc) is 2.32. The number of benzene rings is 2. The van der Waals surface area contributed by atoms with Crippen molar-refractivity contribution in [1.82, 2.24) is 0 Å². The molecule has 0 spiro atoms. The topological polar surface area (TPSA) is 29.1 Å². The van der Waals surface area contributed by atoms with Gasteiger partial charge in [0.2, 0.25) is 0 Å². The lowest BCUT2D eigenvalue weighted by atomic mass is 10.2. The van der Waals surface area contributed by atoms with Crippen LogP contribution in [-0.2, 0) is 0 Å². The Labute approximate surface area is 118 Å². The standard InChI is InChI=1S/C13H9BrFNOS/c14-12-5-4-10(18)7-11(12)13(17)16-9-3-1-2-8(15)6-9/h1-7,18H,(H,16,17). The highest BCUT2D eigenvalue weighted by atomic mass is 79.9. The molecule has 5 heteroatoms. The fraction of sp³-hybridized carbons (Fsp3) is 0. The van der Waals surface area contributed by atoms with E-state index < -0.39 is 5.82 Å². The summed E-state index contributed by atoms with van der Waals surface area (Å²) in [6.45, 7) is 0. The molecular weight excluding hydrogens is 317 g/mol. The van der Waals surface area contributed by atoms with Gasteiger partial charge in [-0.3, -0.25) is 4.79 Å². The van der Waals surface area contributed by atoms with E-state index in [1.54, 1.807) is 24.3 Å². The predicted molar refractivity (Wildman–Crippen MR) is 75.7 cm³/mol. The first-order valence-electron chi connectivity index (χ1n) is 5.12. The summed E-state index contributed by atoms with van der Waals surface area (Å²) in [4.78, 5) is 12.7. The van der Waals surface area contributed by atoms with Gasteiger partial charge in [0.1, 0.15) is 5.82 Å². The number of carbonyl (C=O) groups excluding carboxylic acids is 1. The van der Waals surface area contributed by atoms with Gasteiger partial charge in [-0.05, 0) is 52.3 Å². The first-order valence-corrected chi connectivity index (χ1v) is 6.36. The van der Waals surface area contributed by atoms with E-state index in [9.17, 15) is 9.18 Å². The molecule has 2 aromatic rings. The van der Waals surface area contributed by atoms with E-state index >= 15 is 0 Å². The highest BCUT2D eigenvalue weighted by Crippen LogP contribution is 2.21. The molecule has 0 atom stereocenters. The summed E-state index contributed by atoms with van der Waals surface area (Å²) in [6.07, 6.45) is 0. The molecule has 0 heterocycles. The maximum atomic E-state index is 13.0. The van der Waals surface area contributed by atoms with Crippen LogP contribution in [0.5, 0.6) is 0 Å². The highest BCUT2D eigenvalue weighted by Gasteiger charge is 2.10. The highest BCUT2D eigenvalue weighted by molar-refractivity contribution is 9.10. The van der Waals surface area contributed by atoms with E-state index in [1.165, 1.54) is 18.2 Å². The van der Waals surface area contributed by atoms with Crippen LogP contribution in [0.1, 0.15) is 10.4 Å². The molecule has 2 aromatic carbocycles. The first-order chi connectivity index (χ1) is 8.56. The van der Waals surface area contributed by atoms with Crippen molar-refractivity contribution in [2.75, 3.05) is 5.32 Å². The molecule has 0 aliphatic rings. The van der Waals surface area contributed by atoms with Crippen LogP contribution in [0, 0.1) is 5.82 Å². The molecule has 1 amide bonds. The minimum atomic E-state index is -0.394. The Hall–Kier alpha value is -1.33. The second kappa shape index (κ2) is 5.54. The van der Waals surface area contributed by atoms with E-state index in [1.807, 2.05) is 0 Å². The van der Waals surface area contributed by atoms with Gasteiger partial charge < -0.3 is 5.32 Å². The molecule has 18 heavy (non-hydrogen) atoms. The lowest BCUT2D eigenvalue weighted by molar-refractivity contribution is 0.102. The number of hydrogen-bond acceptors (Lipinski definition) is 2. The summed E-state index contributed by atoms with van der Waals surface area (Å²) in [5, 5.41) is 2.62. The molecule has 2 rings (SSSR count). The Morgan fingerprint density at radius 3 is 2.72 bits per heavy atom. The third-order valence-corrected chi connectivity index (χ3v) is 3.25. The van der Waals surface area contributed by atoms with Crippen molar-refractivity contribution >= 4 is 40.2 Å². The predicted octanol–water partition coefficient (Wildman–Crippen LogP) is 4.13. The van der Waals surface area contributed by atoms with Crippen molar-refractivity contribution < 1.29 is 9.18 Å². The quantitative estimate of drug-likeness (QED) is 0.799. The van der Waals surface area contributed by atoms with Crippen LogP contribution in [0.25, 0.3) is 0 Å². The number of hydrogen-bond donors (Lipinski definition) is 2. The van der Waals surface area contributed by atoms with Gasteiger partial charge in [-0.1, -0.05) is 6.07 Å². The number of rotatable bonds is 2. The molecule has 92 valence electrons. The van der Waals surface area contributed by atoms with Gasteiger partial charge in [0.05, 0.1) is 5.56 Å². The van der Waals surface area contributed by atoms with Crippen molar-refractivity contribution in [1.29, 1.82) is 0 Å². The van der Waals surface area contributed by atoms with Crippen LogP contribution < -0.4 is 5.32 Å². The summed E-state index contributed by atoms with van der Waals surface area (Å²) in [5.41, 5.74) is 0.864. The van der Waals surface area contributed by atoms with Gasteiger partial charge in [0.15, 0.2) is 0 Å². The van der Waals surface area contributed by atoms with E-state index in [0.717, 1.165) is 0 Å². The third-order valence-electron chi connectivity index (χ3n) is 2.28. The van der Waals surface area contributed by atoms with E-state index in [0.29, 0.717) is 20.6 Å². The first kappa shape index (κ1) is 13.1. The van der Waals surface area contributed by atoms with E-state index in [-0.39, 0.29) is 5.91 Å². The van der Waals surface area contributed by atoms with Crippen molar-refractivity contribution in [3.05, 3.63) is 58.3 Å². The molecule has 2 nitrogen and oxygen atoms in total. The molecule has 0 radical (unpaired) electrons. The van der Waals surface area contributed by atoms with Gasteiger partial charge in [0.25, 0.3) is 5.91 Å². The molecule has 0 bridgehead atoms. The van der Waals surface area contributed by atoms with E-state index in [4.69, 9.17) is 0 Å². The van der Waals surface area contributed by atoms with Crippen molar-refractivity contribution in [3.8, 4) is 0 Å². The fourth-order valence-corrected chi connectivity index (χ4v) is 2.08. The minimum Gasteiger partial charge on any atom is -0.322 e. The Balaban J connectivity index is 2.24. The maximum absolute atomic E-state index is 13.0. The lowest BCUT2D eigenvalue weighted by Gasteiger charge is -2.07. The van der Waals surface area contributed by atoms with Gasteiger partial charge in [0, 0.05) is 15.1 Å². The van der Waals surface area contributed by atoms with Crippen molar-refractivity contribution in [2.24, 2.45) is 0 Å². The van der Waals surface area contributed by atoms with Crippen LogP contribution in [0.4, 0.5) is 10.1 Å². The Morgan fingerprint density at radius 1 is 1.22 bits per heavy atom. The summed E-state index contributed by atoms with van der Waals surface area (Å²) >= 11 is 7.47. The molecule has 0 unspecified atom stereocenters. The van der Waals surface area contributed by atoms with Crippen molar-refractivity contribution in [2.45, 2.75) is 4.90 Å². The zero-order valence-electron chi connectivity index (χ0n) is 9.15. The summed E-state index contributed by atoms with van der Waals surface area (Å²) in [7, 11) is 0. The van der Waals surface area contributed by atoms with Gasteiger partial charge in [-0.25, -0.2) is 4.39 Å². The Morgan fingerprint density at radius 2 is 2.00 bits per heavy atom. The monoisotopic (exact) mass is 325 g/mol. The molecule has 0 saturated heterocycles. The van der Waals surface area contributed by atoms with Crippen molar-refractivity contribution in [3.63, 3.8) is 0 Å². The summed E-state index contributed by atoms with van der Waals surface area (Å²) in [6, 6.07) is 10.9. The number of thiol groups is 1. The molecule has 0 aromatic heterocycles. The molecule has 1 N–H and O–H groups in total. The van der Waals surface area contributed by atoms with Crippen LogP contribution >= 0.6 is 28.6 Å². The Kier molecular flexibility index (Phi) is 4.04. The largest absolute Gasteiger partial charge is 0.322 e. The smallest absolute Gasteiger partial charge is 0.256 e. The second-order valence-corrected chi connectivity index (χ2v) is 5.00. The van der Waals surface area contributed by atoms with Gasteiger partial charge in [-0.2, -0.15) is 0 Å². The molecule has 0 fully saturated rings. The van der Waals surface area contributed by atoms with Crippen LogP contribution in [0.3, 0.4) is 0 Å². The number of nitrogens with one attached hydrogen (secondary N) is 1. The second-order valence-electron chi connectivity index (χ2n) is 3.63.